The molecule has 1 fully saturated rings. The molecule has 0 spiro atoms. The summed E-state index contributed by atoms with van der Waals surface area (Å²) in [6, 6.07) is 0. The molecule has 1 saturated heterocycles. The molecular weight excluding hydrogens is 258 g/mol. The number of carbonyl (C=O) groups is 1. The first kappa shape index (κ1) is 12.8. The summed E-state index contributed by atoms with van der Waals surface area (Å²) >= 11 is 0. The third-order valence-electron chi connectivity index (χ3n) is 3.78. The Morgan fingerprint density at radius 2 is 2.15 bits per heavy atom. The van der Waals surface area contributed by atoms with Gasteiger partial charge >= 0.3 is 0 Å². The predicted octanol–water partition coefficient (Wildman–Crippen LogP) is -0.0571. The predicted molar refractivity (Wildman–Crippen MR) is 72.9 cm³/mol. The first-order valence-corrected chi connectivity index (χ1v) is 6.79. The number of aryl methyl sites for hydroxylation is 1. The highest BCUT2D eigenvalue weighted by molar-refractivity contribution is 5.83. The molecule has 0 bridgehead atoms. The number of rotatable bonds is 3. The molecule has 0 unspecified atom stereocenters. The molecule has 1 aliphatic rings. The molecule has 8 nitrogen and oxygen atoms in total. The molecule has 0 saturated carbocycles. The third kappa shape index (κ3) is 2.06. The van der Waals surface area contributed by atoms with Crippen LogP contribution < -0.4 is 10.6 Å². The summed E-state index contributed by atoms with van der Waals surface area (Å²) in [4.78, 5) is 21.9. The van der Waals surface area contributed by atoms with Gasteiger partial charge in [0.05, 0.1) is 0 Å². The van der Waals surface area contributed by atoms with Crippen molar-refractivity contribution in [2.45, 2.75) is 26.3 Å². The maximum Gasteiger partial charge on any atom is 0.220 e. The zero-order valence-electron chi connectivity index (χ0n) is 11.4. The van der Waals surface area contributed by atoms with Gasteiger partial charge in [0.25, 0.3) is 0 Å². The van der Waals surface area contributed by atoms with Crippen LogP contribution in [-0.2, 0) is 11.3 Å². The number of anilines is 1. The van der Waals surface area contributed by atoms with E-state index in [0.29, 0.717) is 5.52 Å². The fourth-order valence-electron chi connectivity index (χ4n) is 2.60. The normalized spacial score (nSPS) is 16.8. The molecule has 0 atom stereocenters. The molecule has 0 aliphatic carbocycles. The number of piperidine rings is 1. The maximum absolute atomic E-state index is 11.2. The van der Waals surface area contributed by atoms with Crippen LogP contribution in [-0.4, -0.2) is 44.0 Å². The first-order chi connectivity index (χ1) is 9.70. The minimum atomic E-state index is -0.214. The molecule has 1 amide bonds. The van der Waals surface area contributed by atoms with Gasteiger partial charge in [-0.2, -0.15) is 0 Å². The van der Waals surface area contributed by atoms with E-state index in [2.05, 4.69) is 25.2 Å². The van der Waals surface area contributed by atoms with Crippen LogP contribution >= 0.6 is 0 Å². The van der Waals surface area contributed by atoms with E-state index in [4.69, 9.17) is 5.73 Å². The van der Waals surface area contributed by atoms with Gasteiger partial charge < -0.3 is 10.6 Å². The minimum Gasteiger partial charge on any atom is -0.369 e. The van der Waals surface area contributed by atoms with Crippen LogP contribution in [0.15, 0.2) is 6.33 Å². The average molecular weight is 275 g/mol. The van der Waals surface area contributed by atoms with E-state index in [9.17, 15) is 4.79 Å². The molecule has 0 aromatic carbocycles. The Hall–Kier alpha value is -2.25. The Bertz CT molecular complexity index is 630. The van der Waals surface area contributed by atoms with Crippen LogP contribution in [0.2, 0.25) is 0 Å². The van der Waals surface area contributed by atoms with Crippen LogP contribution in [0.1, 0.15) is 19.8 Å². The van der Waals surface area contributed by atoms with Gasteiger partial charge in [-0.25, -0.2) is 14.6 Å². The van der Waals surface area contributed by atoms with E-state index >= 15 is 0 Å². The Balaban J connectivity index is 1.88. The van der Waals surface area contributed by atoms with Crippen molar-refractivity contribution in [3.8, 4) is 0 Å². The largest absolute Gasteiger partial charge is 0.369 e. The van der Waals surface area contributed by atoms with Gasteiger partial charge in [0.1, 0.15) is 6.33 Å². The van der Waals surface area contributed by atoms with Crippen LogP contribution in [0, 0.1) is 5.92 Å². The lowest BCUT2D eigenvalue weighted by atomic mass is 9.96. The molecule has 2 aromatic rings. The summed E-state index contributed by atoms with van der Waals surface area (Å²) in [5, 5.41) is 8.25. The molecule has 2 N–H and O–H groups in total. The smallest absolute Gasteiger partial charge is 0.220 e. The van der Waals surface area contributed by atoms with Gasteiger partial charge in [-0.15, -0.1) is 5.10 Å². The lowest BCUT2D eigenvalue weighted by Gasteiger charge is -2.31. The number of aromatic nitrogens is 5. The Morgan fingerprint density at radius 3 is 2.80 bits per heavy atom. The number of fused-ring (bicyclic) bond motifs is 1. The maximum atomic E-state index is 11.2. The van der Waals surface area contributed by atoms with E-state index in [1.807, 2.05) is 6.92 Å². The summed E-state index contributed by atoms with van der Waals surface area (Å²) in [6.45, 7) is 4.21. The van der Waals surface area contributed by atoms with Crippen LogP contribution in [0.25, 0.3) is 11.2 Å². The summed E-state index contributed by atoms with van der Waals surface area (Å²) in [7, 11) is 0. The highest BCUT2D eigenvalue weighted by Gasteiger charge is 2.25. The fraction of sp³-hybridized carbons (Fsp3) is 0.583. The standard InChI is InChI=1S/C12H17N7O/c1-2-19-12-9(16-17-19)11(14-7-15-12)18-5-3-8(4-6-18)10(13)20/h7-8H,2-6H2,1H3,(H2,13,20). The monoisotopic (exact) mass is 275 g/mol. The van der Waals surface area contributed by atoms with Crippen molar-refractivity contribution in [2.24, 2.45) is 11.7 Å². The van der Waals surface area contributed by atoms with E-state index < -0.39 is 0 Å². The number of nitrogens with zero attached hydrogens (tertiary/aromatic N) is 6. The van der Waals surface area contributed by atoms with Gasteiger partial charge in [0, 0.05) is 25.6 Å². The van der Waals surface area contributed by atoms with Crippen molar-refractivity contribution in [3.63, 3.8) is 0 Å². The first-order valence-electron chi connectivity index (χ1n) is 6.79. The van der Waals surface area contributed by atoms with Crippen molar-refractivity contribution in [3.05, 3.63) is 6.33 Å². The second kappa shape index (κ2) is 5.03. The van der Waals surface area contributed by atoms with Crippen molar-refractivity contribution in [2.75, 3.05) is 18.0 Å². The second-order valence-electron chi connectivity index (χ2n) is 4.94. The summed E-state index contributed by atoms with van der Waals surface area (Å²) in [6.07, 6.45) is 3.04. The number of amides is 1. The molecule has 1 aliphatic heterocycles. The summed E-state index contributed by atoms with van der Waals surface area (Å²) in [5.74, 6) is 0.543. The zero-order valence-corrected chi connectivity index (χ0v) is 11.4. The Kier molecular flexibility index (Phi) is 3.21. The Labute approximate surface area is 116 Å². The molecular formula is C12H17N7O. The number of nitrogens with two attached hydrogens (primary N) is 1. The Morgan fingerprint density at radius 1 is 1.40 bits per heavy atom. The van der Waals surface area contributed by atoms with Gasteiger partial charge in [-0.1, -0.05) is 5.21 Å². The number of hydrogen-bond donors (Lipinski definition) is 1. The van der Waals surface area contributed by atoms with Crippen molar-refractivity contribution in [1.29, 1.82) is 0 Å². The lowest BCUT2D eigenvalue weighted by molar-refractivity contribution is -0.122. The zero-order chi connectivity index (χ0) is 14.1. The van der Waals surface area contributed by atoms with Crippen LogP contribution in [0.5, 0.6) is 0 Å². The fourth-order valence-corrected chi connectivity index (χ4v) is 2.60. The van der Waals surface area contributed by atoms with Gasteiger partial charge in [-0.05, 0) is 19.8 Å². The highest BCUT2D eigenvalue weighted by atomic mass is 16.1. The average Bonchev–Trinajstić information content (AvgIpc) is 2.90. The topological polar surface area (TPSA) is 103 Å². The lowest BCUT2D eigenvalue weighted by Crippen LogP contribution is -2.39. The third-order valence-corrected chi connectivity index (χ3v) is 3.78. The van der Waals surface area contributed by atoms with Crippen LogP contribution in [0.4, 0.5) is 5.82 Å². The van der Waals surface area contributed by atoms with E-state index in [0.717, 1.165) is 43.9 Å². The number of hydrogen-bond acceptors (Lipinski definition) is 6. The minimum absolute atomic E-state index is 0.0325. The number of primary amides is 1. The van der Waals surface area contributed by atoms with Gasteiger partial charge in [0.15, 0.2) is 17.0 Å². The van der Waals surface area contributed by atoms with Crippen molar-refractivity contribution in [1.82, 2.24) is 25.0 Å². The van der Waals surface area contributed by atoms with E-state index in [-0.39, 0.29) is 11.8 Å². The summed E-state index contributed by atoms with van der Waals surface area (Å²) in [5.41, 5.74) is 6.81. The molecule has 3 heterocycles. The van der Waals surface area contributed by atoms with E-state index in [1.54, 1.807) is 4.68 Å². The van der Waals surface area contributed by atoms with Gasteiger partial charge in [0.2, 0.25) is 5.91 Å². The molecule has 2 aromatic heterocycles. The molecule has 0 radical (unpaired) electrons. The second-order valence-corrected chi connectivity index (χ2v) is 4.94. The molecule has 8 heteroatoms. The quantitative estimate of drug-likeness (QED) is 0.842. The summed E-state index contributed by atoms with van der Waals surface area (Å²) < 4.78 is 1.75. The SMILES string of the molecule is CCn1nnc2c(N3CCC(C(N)=O)CC3)ncnc21. The van der Waals surface area contributed by atoms with Crippen molar-refractivity contribution < 1.29 is 4.79 Å². The molecule has 20 heavy (non-hydrogen) atoms. The molecule has 3 rings (SSSR count). The van der Waals surface area contributed by atoms with Crippen LogP contribution in [0.3, 0.4) is 0 Å². The van der Waals surface area contributed by atoms with Gasteiger partial charge in [-0.3, -0.25) is 4.79 Å². The van der Waals surface area contributed by atoms with E-state index in [1.165, 1.54) is 6.33 Å². The molecule has 106 valence electrons. The van der Waals surface area contributed by atoms with Crippen molar-refractivity contribution >= 4 is 22.9 Å². The number of carbonyl (C=O) groups excluding carboxylic acids is 1. The highest BCUT2D eigenvalue weighted by Crippen LogP contribution is 2.25.